The summed E-state index contributed by atoms with van der Waals surface area (Å²) in [5.41, 5.74) is 0.0304. The minimum atomic E-state index is -1.08. The van der Waals surface area contributed by atoms with E-state index in [-0.39, 0.29) is 21.7 Å². The van der Waals surface area contributed by atoms with E-state index in [9.17, 15) is 19.3 Å². The van der Waals surface area contributed by atoms with Crippen LogP contribution in [0.4, 0.5) is 10.1 Å². The van der Waals surface area contributed by atoms with Gasteiger partial charge in [-0.3, -0.25) is 10.1 Å². The number of nitrogens with zero attached hydrogens (tertiary/aromatic N) is 1. The van der Waals surface area contributed by atoms with Gasteiger partial charge in [0.1, 0.15) is 5.82 Å². The largest absolute Gasteiger partial charge is 0.478 e. The second kappa shape index (κ2) is 5.92. The fourth-order valence-corrected chi connectivity index (χ4v) is 2.75. The number of aromatic carboxylic acids is 1. The van der Waals surface area contributed by atoms with E-state index in [1.54, 1.807) is 12.1 Å². The van der Waals surface area contributed by atoms with Gasteiger partial charge >= 0.3 is 5.97 Å². The lowest BCUT2D eigenvalue weighted by atomic mass is 10.2. The predicted molar refractivity (Wildman–Crippen MR) is 75.3 cm³/mol. The fraction of sp³-hybridized carbons (Fsp3) is 0.0714. The van der Waals surface area contributed by atoms with Gasteiger partial charge in [0, 0.05) is 4.90 Å². The summed E-state index contributed by atoms with van der Waals surface area (Å²) < 4.78 is 13.4. The maximum atomic E-state index is 13.4. The summed E-state index contributed by atoms with van der Waals surface area (Å²) in [5, 5.41) is 19.9. The van der Waals surface area contributed by atoms with Gasteiger partial charge in [-0.25, -0.2) is 9.18 Å². The summed E-state index contributed by atoms with van der Waals surface area (Å²) in [6.07, 6.45) is 0. The number of hydrogen-bond acceptors (Lipinski definition) is 4. The normalized spacial score (nSPS) is 10.4. The number of carboxylic acid groups (broad SMARTS) is 1. The van der Waals surface area contributed by atoms with Gasteiger partial charge in [-0.15, -0.1) is 0 Å². The first-order valence-corrected chi connectivity index (χ1v) is 6.66. The van der Waals surface area contributed by atoms with Gasteiger partial charge in [-0.05, 0) is 36.8 Å². The lowest BCUT2D eigenvalue weighted by molar-refractivity contribution is -0.387. The van der Waals surface area contributed by atoms with Crippen molar-refractivity contribution in [2.45, 2.75) is 16.7 Å². The molecular weight excluding hydrogens is 297 g/mol. The first-order valence-electron chi connectivity index (χ1n) is 5.84. The number of hydrogen-bond donors (Lipinski definition) is 1. The van der Waals surface area contributed by atoms with E-state index in [0.717, 1.165) is 17.8 Å². The molecule has 5 nitrogen and oxygen atoms in total. The minimum Gasteiger partial charge on any atom is -0.478 e. The number of carbonyl (C=O) groups is 1. The molecule has 0 aliphatic rings. The second-order valence-corrected chi connectivity index (χ2v) is 5.38. The zero-order valence-electron chi connectivity index (χ0n) is 10.9. The molecule has 0 aliphatic carbocycles. The molecule has 21 heavy (non-hydrogen) atoms. The van der Waals surface area contributed by atoms with Crippen molar-refractivity contribution < 1.29 is 19.2 Å². The van der Waals surface area contributed by atoms with Crippen molar-refractivity contribution in [3.8, 4) is 0 Å². The van der Waals surface area contributed by atoms with Crippen molar-refractivity contribution >= 4 is 23.4 Å². The highest BCUT2D eigenvalue weighted by Gasteiger charge is 2.18. The van der Waals surface area contributed by atoms with Crippen molar-refractivity contribution in [1.82, 2.24) is 0 Å². The highest BCUT2D eigenvalue weighted by atomic mass is 32.2. The summed E-state index contributed by atoms with van der Waals surface area (Å²) in [4.78, 5) is 22.0. The topological polar surface area (TPSA) is 80.4 Å². The van der Waals surface area contributed by atoms with E-state index in [0.29, 0.717) is 4.90 Å². The molecule has 0 unspecified atom stereocenters. The van der Waals surface area contributed by atoms with E-state index in [2.05, 4.69) is 0 Å². The summed E-state index contributed by atoms with van der Waals surface area (Å²) in [6, 6.07) is 8.28. The smallest absolute Gasteiger partial charge is 0.335 e. The summed E-state index contributed by atoms with van der Waals surface area (Å²) in [6.45, 7) is 1.51. The molecule has 1 N–H and O–H groups in total. The highest BCUT2D eigenvalue weighted by molar-refractivity contribution is 7.99. The number of nitro groups is 1. The molecule has 108 valence electrons. The lowest BCUT2D eigenvalue weighted by Gasteiger charge is -2.06. The number of rotatable bonds is 4. The zero-order chi connectivity index (χ0) is 15.6. The van der Waals surface area contributed by atoms with Crippen LogP contribution in [0.3, 0.4) is 0 Å². The Morgan fingerprint density at radius 1 is 1.33 bits per heavy atom. The van der Waals surface area contributed by atoms with E-state index in [4.69, 9.17) is 5.11 Å². The predicted octanol–water partition coefficient (Wildman–Crippen LogP) is 3.89. The number of benzene rings is 2. The van der Waals surface area contributed by atoms with E-state index >= 15 is 0 Å². The Morgan fingerprint density at radius 3 is 2.67 bits per heavy atom. The van der Waals surface area contributed by atoms with Gasteiger partial charge in [0.05, 0.1) is 21.4 Å². The maximum absolute atomic E-state index is 13.4. The molecule has 0 saturated carbocycles. The number of nitro benzene ring substituents is 1. The van der Waals surface area contributed by atoms with Crippen LogP contribution >= 0.6 is 11.8 Å². The molecule has 2 aromatic rings. The van der Waals surface area contributed by atoms with Crippen molar-refractivity contribution in [2.24, 2.45) is 0 Å². The van der Waals surface area contributed by atoms with Crippen molar-refractivity contribution in [2.75, 3.05) is 0 Å². The van der Waals surface area contributed by atoms with E-state index < -0.39 is 16.7 Å². The molecule has 0 amide bonds. The SMILES string of the molecule is Cc1cc(Sc2cccc(C(=O)O)c2)c([N+](=O)[O-])cc1F. The Labute approximate surface area is 123 Å². The van der Waals surface area contributed by atoms with E-state index in [1.807, 2.05) is 0 Å². The molecule has 2 aromatic carbocycles. The molecule has 2 rings (SSSR count). The first-order chi connectivity index (χ1) is 9.88. The molecule has 0 heterocycles. The third-order valence-electron chi connectivity index (χ3n) is 2.75. The van der Waals surface area contributed by atoms with Gasteiger partial charge < -0.3 is 5.11 Å². The summed E-state index contributed by atoms with van der Waals surface area (Å²) in [5.74, 6) is -1.73. The lowest BCUT2D eigenvalue weighted by Crippen LogP contribution is -1.96. The van der Waals surface area contributed by atoms with Crippen LogP contribution in [-0.2, 0) is 0 Å². The average molecular weight is 307 g/mol. The third kappa shape index (κ3) is 3.38. The van der Waals surface area contributed by atoms with Crippen LogP contribution in [0.25, 0.3) is 0 Å². The Balaban J connectivity index is 2.43. The molecule has 0 aromatic heterocycles. The Hall–Kier alpha value is -2.41. The van der Waals surface area contributed by atoms with Crippen LogP contribution in [0.5, 0.6) is 0 Å². The summed E-state index contributed by atoms with van der Waals surface area (Å²) in [7, 11) is 0. The van der Waals surface area contributed by atoms with Crippen LogP contribution in [0.1, 0.15) is 15.9 Å². The molecule has 0 spiro atoms. The zero-order valence-corrected chi connectivity index (χ0v) is 11.7. The quantitative estimate of drug-likeness (QED) is 0.684. The third-order valence-corrected chi connectivity index (χ3v) is 3.78. The van der Waals surface area contributed by atoms with Crippen molar-refractivity contribution in [3.63, 3.8) is 0 Å². The Morgan fingerprint density at radius 2 is 2.05 bits per heavy atom. The van der Waals surface area contributed by atoms with Crippen LogP contribution in [-0.4, -0.2) is 16.0 Å². The average Bonchev–Trinajstić information content (AvgIpc) is 2.42. The standard InChI is InChI=1S/C14H10FNO4S/c1-8-5-13(12(16(19)20)7-11(8)15)21-10-4-2-3-9(6-10)14(17)18/h2-7H,1H3,(H,17,18). The molecule has 0 radical (unpaired) electrons. The van der Waals surface area contributed by atoms with Gasteiger partial charge in [0.15, 0.2) is 0 Å². The monoisotopic (exact) mass is 307 g/mol. The highest BCUT2D eigenvalue weighted by Crippen LogP contribution is 2.36. The van der Waals surface area contributed by atoms with Gasteiger partial charge in [0.2, 0.25) is 0 Å². The van der Waals surface area contributed by atoms with Crippen LogP contribution in [0.2, 0.25) is 0 Å². The van der Waals surface area contributed by atoms with E-state index in [1.165, 1.54) is 25.1 Å². The molecule has 0 fully saturated rings. The molecule has 0 aliphatic heterocycles. The minimum absolute atomic E-state index is 0.0847. The van der Waals surface area contributed by atoms with Crippen molar-refractivity contribution in [3.05, 3.63) is 63.5 Å². The molecule has 0 bridgehead atoms. The van der Waals surface area contributed by atoms with Gasteiger partial charge in [-0.1, -0.05) is 17.8 Å². The number of halogens is 1. The Bertz CT molecular complexity index is 733. The molecule has 0 atom stereocenters. The fourth-order valence-electron chi connectivity index (χ4n) is 1.69. The first kappa shape index (κ1) is 15.0. The molecular formula is C14H10FNO4S. The molecule has 7 heteroatoms. The van der Waals surface area contributed by atoms with Gasteiger partial charge in [-0.2, -0.15) is 0 Å². The van der Waals surface area contributed by atoms with Crippen LogP contribution in [0.15, 0.2) is 46.2 Å². The van der Waals surface area contributed by atoms with Crippen LogP contribution < -0.4 is 0 Å². The van der Waals surface area contributed by atoms with Crippen molar-refractivity contribution in [1.29, 1.82) is 0 Å². The number of carboxylic acids is 1. The number of aryl methyl sites for hydroxylation is 1. The molecule has 0 saturated heterocycles. The second-order valence-electron chi connectivity index (χ2n) is 4.26. The van der Waals surface area contributed by atoms with Gasteiger partial charge in [0.25, 0.3) is 5.69 Å². The summed E-state index contributed by atoms with van der Waals surface area (Å²) >= 11 is 1.03. The Kier molecular flexibility index (Phi) is 4.23. The maximum Gasteiger partial charge on any atom is 0.335 e. The van der Waals surface area contributed by atoms with Crippen LogP contribution in [0, 0.1) is 22.9 Å².